The van der Waals surface area contributed by atoms with Crippen LogP contribution in [0.25, 0.3) is 0 Å². The number of benzene rings is 1. The molecule has 0 aromatic heterocycles. The largest absolute Gasteiger partial charge is 0.494 e. The fourth-order valence-electron chi connectivity index (χ4n) is 2.57. The van der Waals surface area contributed by atoms with Gasteiger partial charge in [-0.2, -0.15) is 0 Å². The molecule has 0 saturated carbocycles. The predicted molar refractivity (Wildman–Crippen MR) is 79.0 cm³/mol. The summed E-state index contributed by atoms with van der Waals surface area (Å²) in [5, 5.41) is 13.9. The van der Waals surface area contributed by atoms with E-state index in [0.29, 0.717) is 26.2 Å². The molecule has 3 atom stereocenters. The van der Waals surface area contributed by atoms with Gasteiger partial charge in [-0.25, -0.2) is 0 Å². The van der Waals surface area contributed by atoms with E-state index in [1.54, 1.807) is 0 Å². The topological polar surface area (TPSA) is 50.7 Å². The third-order valence-electron chi connectivity index (χ3n) is 4.06. The lowest BCUT2D eigenvalue weighted by Crippen LogP contribution is -2.46. The Bertz CT molecular complexity index is 437. The van der Waals surface area contributed by atoms with E-state index in [-0.39, 0.29) is 12.1 Å². The molecular formula is C16H25NO3. The average molecular weight is 279 g/mol. The molecule has 20 heavy (non-hydrogen) atoms. The molecule has 1 fully saturated rings. The maximum absolute atomic E-state index is 10.5. The molecule has 0 spiro atoms. The van der Waals surface area contributed by atoms with E-state index in [2.05, 4.69) is 18.3 Å². The maximum Gasteiger partial charge on any atom is 0.124 e. The summed E-state index contributed by atoms with van der Waals surface area (Å²) < 4.78 is 11.1. The molecule has 0 amide bonds. The molecule has 3 unspecified atom stereocenters. The van der Waals surface area contributed by atoms with Crippen LogP contribution >= 0.6 is 0 Å². The van der Waals surface area contributed by atoms with Gasteiger partial charge in [-0.3, -0.25) is 0 Å². The monoisotopic (exact) mass is 279 g/mol. The van der Waals surface area contributed by atoms with Crippen LogP contribution in [0.5, 0.6) is 5.75 Å². The molecule has 1 aromatic carbocycles. The number of aliphatic hydroxyl groups is 1. The smallest absolute Gasteiger partial charge is 0.124 e. The zero-order valence-electron chi connectivity index (χ0n) is 12.6. The molecule has 4 nitrogen and oxygen atoms in total. The number of ether oxygens (including phenoxy) is 2. The van der Waals surface area contributed by atoms with Crippen LogP contribution in [0.3, 0.4) is 0 Å². The van der Waals surface area contributed by atoms with Gasteiger partial charge in [-0.15, -0.1) is 0 Å². The first-order valence-electron chi connectivity index (χ1n) is 7.36. The maximum atomic E-state index is 10.5. The summed E-state index contributed by atoms with van der Waals surface area (Å²) in [5.74, 6) is 0.901. The van der Waals surface area contributed by atoms with Gasteiger partial charge in [0.2, 0.25) is 0 Å². The first-order valence-corrected chi connectivity index (χ1v) is 7.36. The highest BCUT2D eigenvalue weighted by Gasteiger charge is 2.39. The number of rotatable bonds is 6. The molecule has 1 aliphatic rings. The molecule has 1 aliphatic heterocycles. The first kappa shape index (κ1) is 15.3. The Morgan fingerprint density at radius 2 is 2.25 bits per heavy atom. The first-order chi connectivity index (χ1) is 9.57. The van der Waals surface area contributed by atoms with Gasteiger partial charge in [0.05, 0.1) is 12.7 Å². The molecule has 4 heteroatoms. The van der Waals surface area contributed by atoms with Crippen molar-refractivity contribution in [1.29, 1.82) is 0 Å². The normalized spacial score (nSPS) is 27.5. The highest BCUT2D eigenvalue weighted by atomic mass is 16.5. The van der Waals surface area contributed by atoms with Crippen LogP contribution in [0.2, 0.25) is 0 Å². The van der Waals surface area contributed by atoms with Crippen molar-refractivity contribution in [3.05, 3.63) is 29.8 Å². The zero-order chi connectivity index (χ0) is 14.6. The molecule has 1 saturated heterocycles. The molecule has 0 radical (unpaired) electrons. The summed E-state index contributed by atoms with van der Waals surface area (Å²) in [6.45, 7) is 7.79. The summed E-state index contributed by atoms with van der Waals surface area (Å²) in [6, 6.07) is 8.14. The Hall–Kier alpha value is -1.10. The lowest BCUT2D eigenvalue weighted by Gasteiger charge is -2.28. The van der Waals surface area contributed by atoms with Gasteiger partial charge >= 0.3 is 0 Å². The minimum Gasteiger partial charge on any atom is -0.494 e. The Morgan fingerprint density at radius 3 is 2.90 bits per heavy atom. The van der Waals surface area contributed by atoms with E-state index in [9.17, 15) is 5.11 Å². The van der Waals surface area contributed by atoms with E-state index >= 15 is 0 Å². The molecule has 2 rings (SSSR count). The average Bonchev–Trinajstić information content (AvgIpc) is 2.78. The second-order valence-electron chi connectivity index (χ2n) is 5.44. The molecular weight excluding hydrogens is 254 g/mol. The third-order valence-corrected chi connectivity index (χ3v) is 4.06. The van der Waals surface area contributed by atoms with Crippen molar-refractivity contribution in [2.45, 2.75) is 44.9 Å². The fraction of sp³-hybridized carbons (Fsp3) is 0.625. The van der Waals surface area contributed by atoms with Gasteiger partial charge in [-0.1, -0.05) is 18.2 Å². The Balaban J connectivity index is 2.00. The fourth-order valence-corrected chi connectivity index (χ4v) is 2.57. The quantitative estimate of drug-likeness (QED) is 0.839. The number of hydrogen-bond donors (Lipinski definition) is 2. The van der Waals surface area contributed by atoms with E-state index in [1.165, 1.54) is 0 Å². The van der Waals surface area contributed by atoms with Crippen molar-refractivity contribution in [2.75, 3.05) is 19.8 Å². The van der Waals surface area contributed by atoms with Crippen LogP contribution in [0.4, 0.5) is 0 Å². The van der Waals surface area contributed by atoms with Crippen molar-refractivity contribution in [2.24, 2.45) is 0 Å². The third kappa shape index (κ3) is 3.32. The van der Waals surface area contributed by atoms with E-state index in [0.717, 1.165) is 11.3 Å². The number of para-hydroxylation sites is 1. The van der Waals surface area contributed by atoms with Gasteiger partial charge in [0.1, 0.15) is 11.4 Å². The molecule has 0 aliphatic carbocycles. The molecule has 112 valence electrons. The number of hydrogen-bond acceptors (Lipinski definition) is 4. The summed E-state index contributed by atoms with van der Waals surface area (Å²) in [5.41, 5.74) is 0.346. The summed E-state index contributed by atoms with van der Waals surface area (Å²) in [6.07, 6.45) is 0.561. The standard InChI is InChI=1S/C16H25NO3/c1-4-19-15-8-6-5-7-14(15)12(2)17-11-16(18)9-10-20-13(16)3/h5-8,12-13,17-18H,4,9-11H2,1-3H3. The zero-order valence-corrected chi connectivity index (χ0v) is 12.6. The Kier molecular flexibility index (Phi) is 5.02. The van der Waals surface area contributed by atoms with Gasteiger partial charge in [0, 0.05) is 31.2 Å². The molecule has 2 N–H and O–H groups in total. The second-order valence-corrected chi connectivity index (χ2v) is 5.44. The van der Waals surface area contributed by atoms with Crippen LogP contribution < -0.4 is 10.1 Å². The molecule has 0 bridgehead atoms. The highest BCUT2D eigenvalue weighted by molar-refractivity contribution is 5.35. The summed E-state index contributed by atoms with van der Waals surface area (Å²) in [7, 11) is 0. The second kappa shape index (κ2) is 6.57. The van der Waals surface area contributed by atoms with Crippen LogP contribution in [-0.2, 0) is 4.74 Å². The van der Waals surface area contributed by atoms with Crippen molar-refractivity contribution >= 4 is 0 Å². The molecule has 1 heterocycles. The lowest BCUT2D eigenvalue weighted by molar-refractivity contribution is -0.0274. The Morgan fingerprint density at radius 1 is 1.50 bits per heavy atom. The van der Waals surface area contributed by atoms with Crippen LogP contribution in [0.1, 0.15) is 38.8 Å². The van der Waals surface area contributed by atoms with Crippen molar-refractivity contribution < 1.29 is 14.6 Å². The van der Waals surface area contributed by atoms with E-state index in [1.807, 2.05) is 32.0 Å². The predicted octanol–water partition coefficient (Wildman–Crippen LogP) is 2.28. The number of nitrogens with one attached hydrogen (secondary N) is 1. The summed E-state index contributed by atoms with van der Waals surface area (Å²) in [4.78, 5) is 0. The minimum atomic E-state index is -0.769. The van der Waals surface area contributed by atoms with Crippen LogP contribution in [-0.4, -0.2) is 36.6 Å². The lowest BCUT2D eigenvalue weighted by atomic mass is 9.96. The van der Waals surface area contributed by atoms with Gasteiger partial charge < -0.3 is 19.9 Å². The SMILES string of the molecule is CCOc1ccccc1C(C)NCC1(O)CCOC1C. The van der Waals surface area contributed by atoms with Crippen molar-refractivity contribution in [1.82, 2.24) is 5.32 Å². The molecule has 1 aromatic rings. The van der Waals surface area contributed by atoms with Crippen molar-refractivity contribution in [3.8, 4) is 5.75 Å². The van der Waals surface area contributed by atoms with Gasteiger partial charge in [0.15, 0.2) is 0 Å². The van der Waals surface area contributed by atoms with Gasteiger partial charge in [-0.05, 0) is 26.8 Å². The van der Waals surface area contributed by atoms with E-state index < -0.39 is 5.60 Å². The highest BCUT2D eigenvalue weighted by Crippen LogP contribution is 2.28. The Labute approximate surface area is 121 Å². The van der Waals surface area contributed by atoms with Crippen LogP contribution in [0.15, 0.2) is 24.3 Å². The summed E-state index contributed by atoms with van der Waals surface area (Å²) >= 11 is 0. The van der Waals surface area contributed by atoms with Gasteiger partial charge in [0.25, 0.3) is 0 Å². The van der Waals surface area contributed by atoms with E-state index in [4.69, 9.17) is 9.47 Å². The minimum absolute atomic E-state index is 0.120. The van der Waals surface area contributed by atoms with Crippen LogP contribution in [0, 0.1) is 0 Å². The van der Waals surface area contributed by atoms with Crippen molar-refractivity contribution in [3.63, 3.8) is 0 Å².